The fraction of sp³-hybridized carbons (Fsp3) is 0.514. The number of anilines is 5. The van der Waals surface area contributed by atoms with E-state index in [2.05, 4.69) is 35.3 Å². The zero-order chi connectivity index (χ0) is 33.9. The van der Waals surface area contributed by atoms with Gasteiger partial charge in [0.25, 0.3) is 0 Å². The van der Waals surface area contributed by atoms with Crippen molar-refractivity contribution in [2.24, 2.45) is 0 Å². The molecule has 3 aliphatic heterocycles. The van der Waals surface area contributed by atoms with Crippen molar-refractivity contribution in [2.45, 2.75) is 56.7 Å². The first-order chi connectivity index (χ1) is 23.9. The van der Waals surface area contributed by atoms with Crippen molar-refractivity contribution in [1.82, 2.24) is 19.8 Å². The van der Waals surface area contributed by atoms with Gasteiger partial charge in [0.2, 0.25) is 5.91 Å². The van der Waals surface area contributed by atoms with Gasteiger partial charge in [0.15, 0.2) is 5.82 Å². The average Bonchev–Trinajstić information content (AvgIpc) is 3.84. The van der Waals surface area contributed by atoms with Gasteiger partial charge in [-0.05, 0) is 49.4 Å². The number of amides is 1. The molecule has 2 aromatic carbocycles. The molecule has 1 amide bonds. The second-order valence-corrected chi connectivity index (χ2v) is 13.5. The maximum absolute atomic E-state index is 14.0. The molecule has 1 aliphatic carbocycles. The summed E-state index contributed by atoms with van der Waals surface area (Å²) in [5.74, 6) is 0.184. The summed E-state index contributed by atoms with van der Waals surface area (Å²) in [6, 6.07) is 9.92. The van der Waals surface area contributed by atoms with E-state index >= 15 is 0 Å². The molecule has 0 spiro atoms. The number of halogens is 3. The van der Waals surface area contributed by atoms with Crippen molar-refractivity contribution < 1.29 is 23.1 Å². The third kappa shape index (κ3) is 7.85. The van der Waals surface area contributed by atoms with E-state index in [4.69, 9.17) is 21.2 Å². The smallest absolute Gasteiger partial charge is 0.225 e. The monoisotopic (exact) mass is 696 g/mol. The first-order valence-electron chi connectivity index (χ1n) is 17.2. The van der Waals surface area contributed by atoms with Gasteiger partial charge >= 0.3 is 0 Å². The van der Waals surface area contributed by atoms with Gasteiger partial charge in [0.1, 0.15) is 29.5 Å². The van der Waals surface area contributed by atoms with Crippen LogP contribution in [0.15, 0.2) is 42.7 Å². The van der Waals surface area contributed by atoms with Crippen molar-refractivity contribution in [3.63, 3.8) is 0 Å². The number of carbonyl (C=O) groups is 1. The molecule has 7 rings (SSSR count). The number of hydrogen-bond donors (Lipinski definition) is 2. The number of nitrogens with one attached hydrogen (secondary N) is 2. The van der Waals surface area contributed by atoms with Crippen LogP contribution in [0.2, 0.25) is 0 Å². The van der Waals surface area contributed by atoms with Crippen molar-refractivity contribution in [3.05, 3.63) is 59.9 Å². The van der Waals surface area contributed by atoms with E-state index in [0.717, 1.165) is 56.8 Å². The van der Waals surface area contributed by atoms with E-state index in [1.807, 2.05) is 12.1 Å². The minimum Gasteiger partial charge on any atom is -0.494 e. The summed E-state index contributed by atoms with van der Waals surface area (Å²) in [4.78, 5) is 35.1. The van der Waals surface area contributed by atoms with Crippen LogP contribution >= 0.6 is 11.6 Å². The largest absolute Gasteiger partial charge is 0.494 e. The van der Waals surface area contributed by atoms with Crippen LogP contribution in [0.1, 0.15) is 50.1 Å². The quantitative estimate of drug-likeness (QED) is 0.243. The molecule has 0 unspecified atom stereocenters. The summed E-state index contributed by atoms with van der Waals surface area (Å²) >= 11 is 5.91. The predicted molar refractivity (Wildman–Crippen MR) is 186 cm³/mol. The highest BCUT2D eigenvalue weighted by Crippen LogP contribution is 2.41. The molecular weight excluding hydrogens is 654 g/mol. The maximum atomic E-state index is 14.0. The Balaban J connectivity index is 1.09. The number of aromatic nitrogens is 2. The molecule has 0 bridgehead atoms. The third-order valence-electron chi connectivity index (χ3n) is 9.96. The molecular formula is C35H43ClF2N8O3. The van der Waals surface area contributed by atoms with Crippen LogP contribution in [0, 0.1) is 11.6 Å². The van der Waals surface area contributed by atoms with Crippen LogP contribution in [0.4, 0.5) is 37.5 Å². The second kappa shape index (κ2) is 15.0. The molecule has 14 heteroatoms. The van der Waals surface area contributed by atoms with Gasteiger partial charge in [0, 0.05) is 88.3 Å². The summed E-state index contributed by atoms with van der Waals surface area (Å²) in [5.41, 5.74) is 2.59. The number of alkyl halides is 1. The van der Waals surface area contributed by atoms with Crippen molar-refractivity contribution in [1.29, 1.82) is 0 Å². The third-order valence-corrected chi connectivity index (χ3v) is 10.2. The van der Waals surface area contributed by atoms with Gasteiger partial charge in [-0.2, -0.15) is 0 Å². The Kier molecular flexibility index (Phi) is 10.3. The Morgan fingerprint density at radius 1 is 0.898 bits per heavy atom. The second-order valence-electron chi connectivity index (χ2n) is 13.1. The van der Waals surface area contributed by atoms with Crippen LogP contribution < -0.4 is 25.3 Å². The van der Waals surface area contributed by atoms with Crippen molar-refractivity contribution in [3.8, 4) is 5.75 Å². The van der Waals surface area contributed by atoms with Crippen molar-refractivity contribution >= 4 is 46.2 Å². The summed E-state index contributed by atoms with van der Waals surface area (Å²) in [7, 11) is 1.61. The van der Waals surface area contributed by atoms with Crippen LogP contribution in [0.25, 0.3) is 0 Å². The van der Waals surface area contributed by atoms with E-state index in [9.17, 15) is 13.6 Å². The molecule has 2 N–H and O–H groups in total. The number of methoxy groups -OCH3 is 1. The van der Waals surface area contributed by atoms with Crippen LogP contribution in [0.5, 0.6) is 5.75 Å². The standard InChI is InChI=1S/C35H43ClF2N8O3/c1-48-32-20-31(45-9-5-27(6-10-45)44-13-11-43(12-14-44)26-2-3-26)28(42-35(47)4-8-36)19-29(32)41-33-21-34(40-22-39-33)46-30(7-15-49-46)23-16-24(37)18-25(38)17-23/h16-22,26-27,30H,2-15H2,1H3,(H,42,47)(H,39,40,41)/t30-/m1/s1. The highest BCUT2D eigenvalue weighted by atomic mass is 35.5. The number of hydrogen-bond acceptors (Lipinski definition) is 10. The highest BCUT2D eigenvalue weighted by Gasteiger charge is 2.34. The van der Waals surface area contributed by atoms with Crippen LogP contribution in [-0.2, 0) is 9.63 Å². The summed E-state index contributed by atoms with van der Waals surface area (Å²) < 4.78 is 33.9. The van der Waals surface area contributed by atoms with Crippen LogP contribution in [0.3, 0.4) is 0 Å². The fourth-order valence-electron chi connectivity index (χ4n) is 7.31. The zero-order valence-corrected chi connectivity index (χ0v) is 28.5. The number of hydroxylamine groups is 1. The molecule has 1 aromatic heterocycles. The average molecular weight is 697 g/mol. The molecule has 4 heterocycles. The predicted octanol–water partition coefficient (Wildman–Crippen LogP) is 5.71. The number of piperazine rings is 1. The summed E-state index contributed by atoms with van der Waals surface area (Å²) in [5, 5.41) is 7.94. The number of benzene rings is 2. The Morgan fingerprint density at radius 2 is 1.59 bits per heavy atom. The minimum atomic E-state index is -0.650. The van der Waals surface area contributed by atoms with E-state index in [0.29, 0.717) is 53.4 Å². The normalized spacial score (nSPS) is 20.9. The van der Waals surface area contributed by atoms with E-state index in [1.54, 1.807) is 18.2 Å². The molecule has 11 nitrogen and oxygen atoms in total. The maximum Gasteiger partial charge on any atom is 0.225 e. The summed E-state index contributed by atoms with van der Waals surface area (Å²) in [6.07, 6.45) is 6.92. The minimum absolute atomic E-state index is 0.175. The number of rotatable bonds is 11. The Hall–Kier alpha value is -3.78. The zero-order valence-electron chi connectivity index (χ0n) is 27.7. The van der Waals surface area contributed by atoms with Crippen LogP contribution in [-0.4, -0.2) is 96.6 Å². The Bertz CT molecular complexity index is 1610. The molecule has 4 aliphatic rings. The lowest BCUT2D eigenvalue weighted by atomic mass is 10.0. The molecule has 262 valence electrons. The molecule has 3 saturated heterocycles. The van der Waals surface area contributed by atoms with Gasteiger partial charge in [-0.25, -0.2) is 23.8 Å². The lowest BCUT2D eigenvalue weighted by molar-refractivity contribution is -0.115. The van der Waals surface area contributed by atoms with Gasteiger partial charge in [-0.15, -0.1) is 11.6 Å². The van der Waals surface area contributed by atoms with Gasteiger partial charge in [-0.3, -0.25) is 19.4 Å². The lowest BCUT2D eigenvalue weighted by Crippen LogP contribution is -2.53. The number of piperidine rings is 1. The van der Waals surface area contributed by atoms with Gasteiger partial charge in [0.05, 0.1) is 36.8 Å². The topological polar surface area (TPSA) is 98.3 Å². The molecule has 0 radical (unpaired) electrons. The molecule has 4 fully saturated rings. The SMILES string of the molecule is COc1cc(N2CCC(N3CCN(C4CC4)CC3)CC2)c(NC(=O)CCCl)cc1Nc1cc(N2OCC[C@@H]2c2cc(F)cc(F)c2)ncn1. The Morgan fingerprint density at radius 3 is 2.24 bits per heavy atom. The highest BCUT2D eigenvalue weighted by molar-refractivity contribution is 6.19. The Labute approximate surface area is 290 Å². The van der Waals surface area contributed by atoms with Crippen molar-refractivity contribution in [2.75, 3.05) is 79.5 Å². The molecule has 3 aromatic rings. The van der Waals surface area contributed by atoms with Gasteiger partial charge < -0.3 is 20.3 Å². The van der Waals surface area contributed by atoms with Gasteiger partial charge in [-0.1, -0.05) is 0 Å². The lowest BCUT2D eigenvalue weighted by Gasteiger charge is -2.43. The molecule has 49 heavy (non-hydrogen) atoms. The fourth-order valence-corrected chi connectivity index (χ4v) is 7.49. The molecule has 1 atom stereocenters. The summed E-state index contributed by atoms with van der Waals surface area (Å²) in [6.45, 7) is 6.69. The number of nitrogens with zero attached hydrogens (tertiary/aromatic N) is 6. The first kappa shape index (κ1) is 33.7. The molecule has 1 saturated carbocycles. The van der Waals surface area contributed by atoms with E-state index < -0.39 is 17.7 Å². The number of ether oxygens (including phenoxy) is 1. The van der Waals surface area contributed by atoms with E-state index in [1.165, 1.54) is 44.4 Å². The number of carbonyl (C=O) groups excluding carboxylic acids is 1. The first-order valence-corrected chi connectivity index (χ1v) is 17.7. The van der Waals surface area contributed by atoms with E-state index in [-0.39, 0.29) is 18.2 Å².